The lowest BCUT2D eigenvalue weighted by Crippen LogP contribution is -2.45. The first-order valence-corrected chi connectivity index (χ1v) is 7.29. The first kappa shape index (κ1) is 14.3. The SMILES string of the molecule is CN(CCC(=O)O)CC(=O)N(C1CCCC1)C1CC1. The molecule has 0 heterocycles. The van der Waals surface area contributed by atoms with Crippen LogP contribution in [0.15, 0.2) is 0 Å². The van der Waals surface area contributed by atoms with Crippen LogP contribution in [0.3, 0.4) is 0 Å². The number of carbonyl (C=O) groups excluding carboxylic acids is 1. The van der Waals surface area contributed by atoms with E-state index in [-0.39, 0.29) is 12.3 Å². The van der Waals surface area contributed by atoms with Gasteiger partial charge in [0.05, 0.1) is 13.0 Å². The fourth-order valence-electron chi connectivity index (χ4n) is 2.92. The minimum atomic E-state index is -0.811. The highest BCUT2D eigenvalue weighted by Crippen LogP contribution is 2.34. The molecular weight excluding hydrogens is 244 g/mol. The Morgan fingerprint density at radius 1 is 1.11 bits per heavy atom. The van der Waals surface area contributed by atoms with Gasteiger partial charge in [0.25, 0.3) is 0 Å². The van der Waals surface area contributed by atoms with Crippen molar-refractivity contribution in [2.45, 2.75) is 57.0 Å². The van der Waals surface area contributed by atoms with Gasteiger partial charge in [-0.05, 0) is 32.7 Å². The third-order valence-corrected chi connectivity index (χ3v) is 4.06. The molecule has 0 unspecified atom stereocenters. The highest BCUT2D eigenvalue weighted by Gasteiger charge is 2.38. The Balaban J connectivity index is 1.83. The first-order valence-electron chi connectivity index (χ1n) is 7.29. The van der Waals surface area contributed by atoms with Gasteiger partial charge in [-0.2, -0.15) is 0 Å². The summed E-state index contributed by atoms with van der Waals surface area (Å²) in [4.78, 5) is 26.9. The zero-order chi connectivity index (χ0) is 13.8. The molecule has 0 aliphatic heterocycles. The third kappa shape index (κ3) is 4.20. The number of rotatable bonds is 7. The van der Waals surface area contributed by atoms with Gasteiger partial charge in [0, 0.05) is 18.6 Å². The average molecular weight is 268 g/mol. The Morgan fingerprint density at radius 2 is 1.68 bits per heavy atom. The largest absolute Gasteiger partial charge is 0.481 e. The summed E-state index contributed by atoms with van der Waals surface area (Å²) in [5.41, 5.74) is 0. The van der Waals surface area contributed by atoms with E-state index in [4.69, 9.17) is 5.11 Å². The van der Waals surface area contributed by atoms with Crippen LogP contribution in [0.5, 0.6) is 0 Å². The molecule has 108 valence electrons. The summed E-state index contributed by atoms with van der Waals surface area (Å²) in [7, 11) is 1.82. The molecule has 0 spiro atoms. The molecule has 5 nitrogen and oxygen atoms in total. The molecule has 0 bridgehead atoms. The summed E-state index contributed by atoms with van der Waals surface area (Å²) in [5.74, 6) is -0.628. The van der Waals surface area contributed by atoms with Gasteiger partial charge in [0.15, 0.2) is 0 Å². The number of hydrogen-bond donors (Lipinski definition) is 1. The Hall–Kier alpha value is -1.10. The van der Waals surface area contributed by atoms with Crippen molar-refractivity contribution in [3.8, 4) is 0 Å². The van der Waals surface area contributed by atoms with Crippen LogP contribution in [-0.4, -0.2) is 59.0 Å². The van der Waals surface area contributed by atoms with E-state index < -0.39 is 5.97 Å². The van der Waals surface area contributed by atoms with Crippen molar-refractivity contribution in [3.05, 3.63) is 0 Å². The van der Waals surface area contributed by atoms with Crippen molar-refractivity contribution in [3.63, 3.8) is 0 Å². The average Bonchev–Trinajstić information content (AvgIpc) is 3.02. The van der Waals surface area contributed by atoms with Crippen molar-refractivity contribution in [1.29, 1.82) is 0 Å². The van der Waals surface area contributed by atoms with Crippen molar-refractivity contribution in [1.82, 2.24) is 9.80 Å². The number of carboxylic acids is 1. The van der Waals surface area contributed by atoms with Crippen molar-refractivity contribution in [2.24, 2.45) is 0 Å². The van der Waals surface area contributed by atoms with Gasteiger partial charge in [-0.15, -0.1) is 0 Å². The lowest BCUT2D eigenvalue weighted by Gasteiger charge is -2.30. The number of nitrogens with zero attached hydrogens (tertiary/aromatic N) is 2. The number of amides is 1. The predicted octanol–water partition coefficient (Wildman–Crippen LogP) is 1.33. The summed E-state index contributed by atoms with van der Waals surface area (Å²) in [6.45, 7) is 0.782. The Kier molecular flexibility index (Phi) is 4.80. The van der Waals surface area contributed by atoms with Crippen LogP contribution in [0.2, 0.25) is 0 Å². The molecule has 2 saturated carbocycles. The monoisotopic (exact) mass is 268 g/mol. The maximum Gasteiger partial charge on any atom is 0.304 e. The minimum Gasteiger partial charge on any atom is -0.481 e. The predicted molar refractivity (Wildman–Crippen MR) is 71.9 cm³/mol. The van der Waals surface area contributed by atoms with Crippen LogP contribution in [-0.2, 0) is 9.59 Å². The van der Waals surface area contributed by atoms with Gasteiger partial charge in [0.1, 0.15) is 0 Å². The van der Waals surface area contributed by atoms with Gasteiger partial charge in [-0.25, -0.2) is 0 Å². The second kappa shape index (κ2) is 6.37. The van der Waals surface area contributed by atoms with E-state index in [0.717, 1.165) is 25.7 Å². The van der Waals surface area contributed by atoms with Crippen LogP contribution in [0.25, 0.3) is 0 Å². The van der Waals surface area contributed by atoms with Crippen LogP contribution in [0.1, 0.15) is 44.9 Å². The lowest BCUT2D eigenvalue weighted by atomic mass is 10.2. The number of carbonyl (C=O) groups is 2. The Bertz CT molecular complexity index is 336. The normalized spacial score (nSPS) is 19.9. The van der Waals surface area contributed by atoms with Crippen LogP contribution in [0.4, 0.5) is 0 Å². The maximum atomic E-state index is 12.4. The standard InChI is InChI=1S/C14H24N2O3/c1-15(9-8-14(18)19)10-13(17)16(12-6-7-12)11-4-2-3-5-11/h11-12H,2-10H2,1H3,(H,18,19). The van der Waals surface area contributed by atoms with Crippen LogP contribution >= 0.6 is 0 Å². The summed E-state index contributed by atoms with van der Waals surface area (Å²) in [6, 6.07) is 0.899. The fraction of sp³-hybridized carbons (Fsp3) is 0.857. The molecule has 0 aromatic heterocycles. The summed E-state index contributed by atoms with van der Waals surface area (Å²) in [5, 5.41) is 8.65. The summed E-state index contributed by atoms with van der Waals surface area (Å²) < 4.78 is 0. The highest BCUT2D eigenvalue weighted by molar-refractivity contribution is 5.79. The molecule has 2 rings (SSSR count). The molecular formula is C14H24N2O3. The zero-order valence-corrected chi connectivity index (χ0v) is 11.7. The topological polar surface area (TPSA) is 60.9 Å². The van der Waals surface area contributed by atoms with Crippen molar-refractivity contribution >= 4 is 11.9 Å². The van der Waals surface area contributed by atoms with Crippen molar-refractivity contribution < 1.29 is 14.7 Å². The van der Waals surface area contributed by atoms with Gasteiger partial charge >= 0.3 is 5.97 Å². The third-order valence-electron chi connectivity index (χ3n) is 4.06. The second-order valence-corrected chi connectivity index (χ2v) is 5.85. The van der Waals surface area contributed by atoms with Crippen LogP contribution < -0.4 is 0 Å². The van der Waals surface area contributed by atoms with E-state index in [0.29, 0.717) is 25.2 Å². The van der Waals surface area contributed by atoms with Gasteiger partial charge in [-0.1, -0.05) is 12.8 Å². The molecule has 2 aliphatic rings. The molecule has 0 aromatic rings. The van der Waals surface area contributed by atoms with Gasteiger partial charge in [-0.3, -0.25) is 14.5 Å². The molecule has 19 heavy (non-hydrogen) atoms. The van der Waals surface area contributed by atoms with E-state index in [1.807, 2.05) is 11.9 Å². The zero-order valence-electron chi connectivity index (χ0n) is 11.7. The smallest absolute Gasteiger partial charge is 0.304 e. The molecule has 2 fully saturated rings. The molecule has 1 N–H and O–H groups in total. The van der Waals surface area contributed by atoms with E-state index >= 15 is 0 Å². The summed E-state index contributed by atoms with van der Waals surface area (Å²) in [6.07, 6.45) is 7.12. The van der Waals surface area contributed by atoms with E-state index in [9.17, 15) is 9.59 Å². The highest BCUT2D eigenvalue weighted by atomic mass is 16.4. The van der Waals surface area contributed by atoms with E-state index in [1.54, 1.807) is 0 Å². The number of likely N-dealkylation sites (N-methyl/N-ethyl adjacent to an activating group) is 1. The first-order chi connectivity index (χ1) is 9.08. The molecule has 1 amide bonds. The van der Waals surface area contributed by atoms with Crippen LogP contribution in [0, 0.1) is 0 Å². The molecule has 5 heteroatoms. The molecule has 0 saturated heterocycles. The second-order valence-electron chi connectivity index (χ2n) is 5.85. The lowest BCUT2D eigenvalue weighted by molar-refractivity contribution is -0.139. The van der Waals surface area contributed by atoms with E-state index in [1.165, 1.54) is 12.8 Å². The maximum absolute atomic E-state index is 12.4. The number of hydrogen-bond acceptors (Lipinski definition) is 3. The van der Waals surface area contributed by atoms with Gasteiger partial charge < -0.3 is 10.0 Å². The van der Waals surface area contributed by atoms with E-state index in [2.05, 4.69) is 4.90 Å². The Morgan fingerprint density at radius 3 is 2.21 bits per heavy atom. The molecule has 2 aliphatic carbocycles. The minimum absolute atomic E-state index is 0.0939. The summed E-state index contributed by atoms with van der Waals surface area (Å²) >= 11 is 0. The molecule has 0 atom stereocenters. The van der Waals surface area contributed by atoms with Crippen molar-refractivity contribution in [2.75, 3.05) is 20.1 Å². The number of aliphatic carboxylic acids is 1. The fourth-order valence-corrected chi connectivity index (χ4v) is 2.92. The Labute approximate surface area is 114 Å². The molecule has 0 aromatic carbocycles. The quantitative estimate of drug-likeness (QED) is 0.756. The van der Waals surface area contributed by atoms with Gasteiger partial charge in [0.2, 0.25) is 5.91 Å². The number of carboxylic acid groups (broad SMARTS) is 1. The molecule has 0 radical (unpaired) electrons.